The maximum Gasteiger partial charge on any atom is 0.343 e. The summed E-state index contributed by atoms with van der Waals surface area (Å²) in [5.74, 6) is 0.404. The number of hydrogen-bond donors (Lipinski definition) is 2. The third-order valence-electron chi connectivity index (χ3n) is 3.42. The Kier molecular flexibility index (Phi) is 5.21. The van der Waals surface area contributed by atoms with Gasteiger partial charge in [-0.1, -0.05) is 48.5 Å². The molecule has 0 aliphatic carbocycles. The van der Waals surface area contributed by atoms with Crippen LogP contribution in [0.25, 0.3) is 11.4 Å². The van der Waals surface area contributed by atoms with Gasteiger partial charge in [0.1, 0.15) is 5.56 Å². The van der Waals surface area contributed by atoms with Gasteiger partial charge in [-0.25, -0.2) is 14.8 Å². The summed E-state index contributed by atoms with van der Waals surface area (Å²) >= 11 is 0. The molecule has 0 saturated heterocycles. The highest BCUT2D eigenvalue weighted by molar-refractivity contribution is 5.94. The lowest BCUT2D eigenvalue weighted by molar-refractivity contribution is 0.0526. The van der Waals surface area contributed by atoms with Gasteiger partial charge in [0, 0.05) is 11.8 Å². The predicted molar refractivity (Wildman–Crippen MR) is 97.1 cm³/mol. The molecule has 6 nitrogen and oxygen atoms in total. The molecular weight excluding hydrogens is 316 g/mol. The van der Waals surface area contributed by atoms with Crippen LogP contribution in [0.3, 0.4) is 0 Å². The third kappa shape index (κ3) is 4.11. The summed E-state index contributed by atoms with van der Waals surface area (Å²) in [5.41, 5.74) is 7.98. The van der Waals surface area contributed by atoms with E-state index >= 15 is 0 Å². The van der Waals surface area contributed by atoms with E-state index in [1.54, 1.807) is 6.92 Å². The third-order valence-corrected chi connectivity index (χ3v) is 3.42. The second-order valence-electron chi connectivity index (χ2n) is 5.16. The largest absolute Gasteiger partial charge is 0.462 e. The molecule has 0 aliphatic heterocycles. The van der Waals surface area contributed by atoms with Crippen molar-refractivity contribution in [1.29, 1.82) is 0 Å². The number of ether oxygens (including phenoxy) is 1. The molecule has 0 atom stereocenters. The van der Waals surface area contributed by atoms with Gasteiger partial charge in [0.05, 0.1) is 12.3 Å². The number of anilines is 2. The van der Waals surface area contributed by atoms with Crippen LogP contribution in [0.5, 0.6) is 0 Å². The molecule has 6 heteroatoms. The van der Waals surface area contributed by atoms with Crippen molar-refractivity contribution in [2.24, 2.45) is 0 Å². The van der Waals surface area contributed by atoms with E-state index < -0.39 is 5.97 Å². The standard InChI is InChI=1S/C19H18N4O2/c1-2-25-19(24)16-13-20-17(14-9-5-3-6-10-14)21-18(16)23-22-15-11-7-4-8-12-15/h3-13,22H,2H2,1H3,(H,20,21,23). The van der Waals surface area contributed by atoms with Crippen molar-refractivity contribution >= 4 is 17.5 Å². The molecule has 0 saturated carbocycles. The average Bonchev–Trinajstić information content (AvgIpc) is 2.68. The zero-order chi connectivity index (χ0) is 17.5. The molecule has 0 spiro atoms. The summed E-state index contributed by atoms with van der Waals surface area (Å²) in [6.07, 6.45) is 1.47. The summed E-state index contributed by atoms with van der Waals surface area (Å²) in [6, 6.07) is 19.1. The van der Waals surface area contributed by atoms with Gasteiger partial charge >= 0.3 is 5.97 Å². The number of esters is 1. The number of nitrogens with one attached hydrogen (secondary N) is 2. The van der Waals surface area contributed by atoms with Gasteiger partial charge in [0.2, 0.25) is 0 Å². The Morgan fingerprint density at radius 2 is 1.68 bits per heavy atom. The second kappa shape index (κ2) is 7.92. The summed E-state index contributed by atoms with van der Waals surface area (Å²) in [4.78, 5) is 20.9. The Hall–Kier alpha value is -3.41. The highest BCUT2D eigenvalue weighted by Gasteiger charge is 2.16. The van der Waals surface area contributed by atoms with E-state index in [-0.39, 0.29) is 12.2 Å². The normalized spacial score (nSPS) is 10.1. The number of rotatable bonds is 6. The number of aromatic nitrogens is 2. The van der Waals surface area contributed by atoms with Crippen molar-refractivity contribution in [1.82, 2.24) is 9.97 Å². The van der Waals surface area contributed by atoms with Crippen molar-refractivity contribution in [3.63, 3.8) is 0 Å². The van der Waals surface area contributed by atoms with Gasteiger partial charge < -0.3 is 4.74 Å². The van der Waals surface area contributed by atoms with Crippen molar-refractivity contribution in [3.05, 3.63) is 72.4 Å². The fourth-order valence-corrected chi connectivity index (χ4v) is 2.21. The van der Waals surface area contributed by atoms with Crippen LogP contribution in [-0.4, -0.2) is 22.5 Å². The van der Waals surface area contributed by atoms with Crippen LogP contribution >= 0.6 is 0 Å². The molecule has 0 bridgehead atoms. The topological polar surface area (TPSA) is 76.1 Å². The number of carbonyl (C=O) groups is 1. The summed E-state index contributed by atoms with van der Waals surface area (Å²) < 4.78 is 5.08. The van der Waals surface area contributed by atoms with Gasteiger partial charge in [0.15, 0.2) is 11.6 Å². The molecule has 126 valence electrons. The van der Waals surface area contributed by atoms with E-state index in [1.807, 2.05) is 60.7 Å². The van der Waals surface area contributed by atoms with E-state index in [0.717, 1.165) is 11.3 Å². The van der Waals surface area contributed by atoms with E-state index in [2.05, 4.69) is 20.8 Å². The van der Waals surface area contributed by atoms with Crippen LogP contribution in [0, 0.1) is 0 Å². The van der Waals surface area contributed by atoms with Crippen LogP contribution in [0.2, 0.25) is 0 Å². The van der Waals surface area contributed by atoms with Crippen LogP contribution in [0.15, 0.2) is 66.9 Å². The molecule has 0 aliphatic rings. The fraction of sp³-hybridized carbons (Fsp3) is 0.105. The molecule has 0 unspecified atom stereocenters. The molecule has 1 aromatic heterocycles. The van der Waals surface area contributed by atoms with Gasteiger partial charge in [0.25, 0.3) is 0 Å². The van der Waals surface area contributed by atoms with Gasteiger partial charge in [-0.3, -0.25) is 10.9 Å². The van der Waals surface area contributed by atoms with Crippen LogP contribution in [0.4, 0.5) is 11.5 Å². The summed E-state index contributed by atoms with van der Waals surface area (Å²) in [5, 5.41) is 0. The molecule has 3 rings (SSSR count). The first-order valence-electron chi connectivity index (χ1n) is 7.94. The zero-order valence-electron chi connectivity index (χ0n) is 13.8. The van der Waals surface area contributed by atoms with Gasteiger partial charge in [-0.15, -0.1) is 0 Å². The van der Waals surface area contributed by atoms with Crippen molar-refractivity contribution < 1.29 is 9.53 Å². The van der Waals surface area contributed by atoms with Crippen molar-refractivity contribution in [2.75, 3.05) is 17.5 Å². The SMILES string of the molecule is CCOC(=O)c1cnc(-c2ccccc2)nc1NNc1ccccc1. The summed E-state index contributed by atoms with van der Waals surface area (Å²) in [7, 11) is 0. The number of benzene rings is 2. The predicted octanol–water partition coefficient (Wildman–Crippen LogP) is 3.76. The minimum absolute atomic E-state index is 0.268. The van der Waals surface area contributed by atoms with Crippen molar-refractivity contribution in [2.45, 2.75) is 6.92 Å². The summed E-state index contributed by atoms with van der Waals surface area (Å²) in [6.45, 7) is 2.04. The Balaban J connectivity index is 1.91. The average molecular weight is 334 g/mol. The molecule has 2 aromatic carbocycles. The molecule has 25 heavy (non-hydrogen) atoms. The van der Waals surface area contributed by atoms with Crippen molar-refractivity contribution in [3.8, 4) is 11.4 Å². The van der Waals surface area contributed by atoms with Gasteiger partial charge in [-0.05, 0) is 19.1 Å². The Morgan fingerprint density at radius 1 is 1.00 bits per heavy atom. The molecule has 1 heterocycles. The highest BCUT2D eigenvalue weighted by Crippen LogP contribution is 2.20. The second-order valence-corrected chi connectivity index (χ2v) is 5.16. The fourth-order valence-electron chi connectivity index (χ4n) is 2.21. The number of nitrogens with zero attached hydrogens (tertiary/aromatic N) is 2. The first-order chi connectivity index (χ1) is 12.3. The minimum Gasteiger partial charge on any atom is -0.462 e. The van der Waals surface area contributed by atoms with Crippen LogP contribution in [-0.2, 0) is 4.74 Å². The Labute approximate surface area is 145 Å². The smallest absolute Gasteiger partial charge is 0.343 e. The van der Waals surface area contributed by atoms with Crippen LogP contribution in [0.1, 0.15) is 17.3 Å². The molecule has 3 aromatic rings. The van der Waals surface area contributed by atoms with E-state index in [4.69, 9.17) is 4.74 Å². The first-order valence-corrected chi connectivity index (χ1v) is 7.94. The molecule has 2 N–H and O–H groups in total. The Bertz CT molecular complexity index is 839. The molecular formula is C19H18N4O2. The minimum atomic E-state index is -0.473. The quantitative estimate of drug-likeness (QED) is 0.528. The molecule has 0 amide bonds. The lowest BCUT2D eigenvalue weighted by Crippen LogP contribution is -2.16. The lowest BCUT2D eigenvalue weighted by atomic mass is 10.2. The van der Waals surface area contributed by atoms with E-state index in [0.29, 0.717) is 11.6 Å². The van der Waals surface area contributed by atoms with Crippen LogP contribution < -0.4 is 10.9 Å². The van der Waals surface area contributed by atoms with E-state index in [9.17, 15) is 4.79 Å². The molecule has 0 radical (unpaired) electrons. The number of carbonyl (C=O) groups excluding carboxylic acids is 1. The zero-order valence-corrected chi connectivity index (χ0v) is 13.8. The number of hydrogen-bond acceptors (Lipinski definition) is 6. The maximum absolute atomic E-state index is 12.2. The Morgan fingerprint density at radius 3 is 2.36 bits per heavy atom. The number of hydrazine groups is 1. The molecule has 0 fully saturated rings. The van der Waals surface area contributed by atoms with Gasteiger partial charge in [-0.2, -0.15) is 0 Å². The monoisotopic (exact) mass is 334 g/mol. The lowest BCUT2D eigenvalue weighted by Gasteiger charge is -2.13. The number of para-hydroxylation sites is 1. The maximum atomic E-state index is 12.2. The highest BCUT2D eigenvalue weighted by atomic mass is 16.5. The first kappa shape index (κ1) is 16.4. The van der Waals surface area contributed by atoms with E-state index in [1.165, 1.54) is 6.20 Å².